The molecule has 1 fully saturated rings. The maximum absolute atomic E-state index is 13.8. The highest BCUT2D eigenvalue weighted by Gasteiger charge is 2.37. The Morgan fingerprint density at radius 3 is 2.57 bits per heavy atom. The number of nitrogens with zero attached hydrogens (tertiary/aromatic N) is 1. The van der Waals surface area contributed by atoms with Crippen molar-refractivity contribution in [3.63, 3.8) is 0 Å². The molecule has 2 aliphatic rings. The molecule has 1 aromatic heterocycles. The van der Waals surface area contributed by atoms with Crippen LogP contribution in [0.2, 0.25) is 0 Å². The van der Waals surface area contributed by atoms with Crippen LogP contribution in [0, 0.1) is 6.92 Å². The SMILES string of the molecule is COc1ccccc1C1CC(=O)c2c(nc(C)c(C(=O)OC3(C)CCOCC3)c2-c2cccc(O)c2)C1. The summed E-state index contributed by atoms with van der Waals surface area (Å²) < 4.78 is 17.0. The highest BCUT2D eigenvalue weighted by molar-refractivity contribution is 6.10. The molecule has 2 heterocycles. The molecule has 7 nitrogen and oxygen atoms in total. The number of aromatic hydroxyl groups is 1. The summed E-state index contributed by atoms with van der Waals surface area (Å²) in [7, 11) is 1.62. The zero-order valence-electron chi connectivity index (χ0n) is 21.4. The number of ketones is 1. The third-order valence-electron chi connectivity index (χ3n) is 7.41. The first-order chi connectivity index (χ1) is 17.8. The van der Waals surface area contributed by atoms with Gasteiger partial charge in [0, 0.05) is 36.3 Å². The van der Waals surface area contributed by atoms with Crippen molar-refractivity contribution in [1.82, 2.24) is 4.98 Å². The fourth-order valence-corrected chi connectivity index (χ4v) is 5.45. The van der Waals surface area contributed by atoms with E-state index in [2.05, 4.69) is 0 Å². The van der Waals surface area contributed by atoms with Gasteiger partial charge in [0.1, 0.15) is 17.1 Å². The highest BCUT2D eigenvalue weighted by Crippen LogP contribution is 2.42. The van der Waals surface area contributed by atoms with Crippen LogP contribution in [-0.4, -0.2) is 47.8 Å². The Labute approximate surface area is 216 Å². The number of esters is 1. The van der Waals surface area contributed by atoms with E-state index >= 15 is 0 Å². The van der Waals surface area contributed by atoms with Crippen molar-refractivity contribution < 1.29 is 28.9 Å². The molecule has 1 aliphatic heterocycles. The Bertz CT molecular complexity index is 1360. The molecule has 1 saturated heterocycles. The molecule has 3 aromatic rings. The number of fused-ring (bicyclic) bond motifs is 1. The Kier molecular flexibility index (Phi) is 6.73. The molecule has 1 N–H and O–H groups in total. The number of hydrogen-bond donors (Lipinski definition) is 1. The van der Waals surface area contributed by atoms with Crippen molar-refractivity contribution in [1.29, 1.82) is 0 Å². The number of ether oxygens (including phenoxy) is 3. The summed E-state index contributed by atoms with van der Waals surface area (Å²) in [5.74, 6) is 0.0636. The van der Waals surface area contributed by atoms with Crippen LogP contribution in [0.3, 0.4) is 0 Å². The quantitative estimate of drug-likeness (QED) is 0.467. The molecule has 5 rings (SSSR count). The molecule has 0 amide bonds. The number of hydrogen-bond acceptors (Lipinski definition) is 7. The number of carbonyl (C=O) groups is 2. The minimum atomic E-state index is -0.660. The molecule has 37 heavy (non-hydrogen) atoms. The first-order valence-corrected chi connectivity index (χ1v) is 12.6. The third-order valence-corrected chi connectivity index (χ3v) is 7.41. The predicted molar refractivity (Wildman–Crippen MR) is 138 cm³/mol. The van der Waals surface area contributed by atoms with Gasteiger partial charge in [-0.1, -0.05) is 30.3 Å². The van der Waals surface area contributed by atoms with Crippen molar-refractivity contribution in [2.75, 3.05) is 20.3 Å². The second-order valence-corrected chi connectivity index (χ2v) is 10.0. The molecule has 1 unspecified atom stereocenters. The lowest BCUT2D eigenvalue weighted by molar-refractivity contribution is -0.0691. The van der Waals surface area contributed by atoms with Crippen LogP contribution in [0.5, 0.6) is 11.5 Å². The zero-order valence-corrected chi connectivity index (χ0v) is 21.4. The number of phenols is 1. The van der Waals surface area contributed by atoms with Crippen molar-refractivity contribution in [2.45, 2.75) is 51.0 Å². The van der Waals surface area contributed by atoms with E-state index in [1.807, 2.05) is 31.2 Å². The van der Waals surface area contributed by atoms with Crippen molar-refractivity contribution >= 4 is 11.8 Å². The molecular weight excluding hydrogens is 470 g/mol. The minimum Gasteiger partial charge on any atom is -0.508 e. The number of para-hydroxylation sites is 1. The number of aryl methyl sites for hydroxylation is 1. The second kappa shape index (κ2) is 9.98. The molecule has 1 atom stereocenters. The fourth-order valence-electron chi connectivity index (χ4n) is 5.45. The van der Waals surface area contributed by atoms with Crippen LogP contribution in [0.1, 0.15) is 69.8 Å². The number of aromatic nitrogens is 1. The summed E-state index contributed by atoms with van der Waals surface area (Å²) in [6.07, 6.45) is 1.97. The Morgan fingerprint density at radius 1 is 1.08 bits per heavy atom. The van der Waals surface area contributed by atoms with E-state index in [0.29, 0.717) is 60.6 Å². The Morgan fingerprint density at radius 2 is 1.84 bits per heavy atom. The topological polar surface area (TPSA) is 95.0 Å². The van der Waals surface area contributed by atoms with E-state index in [1.165, 1.54) is 0 Å². The molecule has 0 saturated carbocycles. The number of Topliss-reactive ketones (excluding diaryl/α,β-unsaturated/α-hetero) is 1. The summed E-state index contributed by atoms with van der Waals surface area (Å²) in [5, 5.41) is 10.2. The number of phenolic OH excluding ortho intramolecular Hbond substituents is 1. The molecule has 7 heteroatoms. The smallest absolute Gasteiger partial charge is 0.341 e. The molecule has 192 valence electrons. The molecule has 2 aromatic carbocycles. The highest BCUT2D eigenvalue weighted by atomic mass is 16.6. The number of pyridine rings is 1. The van der Waals surface area contributed by atoms with Crippen LogP contribution in [-0.2, 0) is 15.9 Å². The summed E-state index contributed by atoms with van der Waals surface area (Å²) in [5.41, 5.74) is 3.17. The van der Waals surface area contributed by atoms with Gasteiger partial charge < -0.3 is 19.3 Å². The molecule has 1 aliphatic carbocycles. The standard InChI is InChI=1S/C30H31NO6/c1-18-26(29(34)37-30(2)11-13-36-14-12-30)27(19-7-6-8-21(32)15-19)28-23(31-18)16-20(17-24(28)33)22-9-4-5-10-25(22)35-3/h4-10,15,20,32H,11-14,16-17H2,1-3H3. The molecular formula is C30H31NO6. The van der Waals surface area contributed by atoms with Gasteiger partial charge >= 0.3 is 5.97 Å². The van der Waals surface area contributed by atoms with Crippen LogP contribution in [0.4, 0.5) is 0 Å². The largest absolute Gasteiger partial charge is 0.508 e. The monoisotopic (exact) mass is 501 g/mol. The van der Waals surface area contributed by atoms with Gasteiger partial charge in [0.2, 0.25) is 0 Å². The third kappa shape index (κ3) is 4.83. The Hall–Kier alpha value is -3.71. The first kappa shape index (κ1) is 25.0. The van der Waals surface area contributed by atoms with E-state index in [9.17, 15) is 14.7 Å². The average Bonchev–Trinajstić information content (AvgIpc) is 2.87. The van der Waals surface area contributed by atoms with Crippen LogP contribution in [0.15, 0.2) is 48.5 Å². The van der Waals surface area contributed by atoms with E-state index in [1.54, 1.807) is 38.3 Å². The normalized spacial score (nSPS) is 18.7. The molecule has 0 spiro atoms. The number of methoxy groups -OCH3 is 1. The summed E-state index contributed by atoms with van der Waals surface area (Å²) in [6, 6.07) is 14.3. The van der Waals surface area contributed by atoms with E-state index in [0.717, 1.165) is 11.3 Å². The van der Waals surface area contributed by atoms with Gasteiger partial charge in [0.25, 0.3) is 0 Å². The molecule has 0 bridgehead atoms. The van der Waals surface area contributed by atoms with Gasteiger partial charge in [-0.25, -0.2) is 4.79 Å². The lowest BCUT2D eigenvalue weighted by Crippen LogP contribution is -2.38. The van der Waals surface area contributed by atoms with E-state index in [4.69, 9.17) is 19.2 Å². The second-order valence-electron chi connectivity index (χ2n) is 10.0. The maximum Gasteiger partial charge on any atom is 0.341 e. The summed E-state index contributed by atoms with van der Waals surface area (Å²) in [6.45, 7) is 4.72. The van der Waals surface area contributed by atoms with Gasteiger partial charge in [0.15, 0.2) is 5.78 Å². The summed E-state index contributed by atoms with van der Waals surface area (Å²) in [4.78, 5) is 32.3. The summed E-state index contributed by atoms with van der Waals surface area (Å²) >= 11 is 0. The van der Waals surface area contributed by atoms with Gasteiger partial charge in [-0.05, 0) is 49.6 Å². The molecule has 0 radical (unpaired) electrons. The van der Waals surface area contributed by atoms with E-state index in [-0.39, 0.29) is 29.4 Å². The van der Waals surface area contributed by atoms with Crippen molar-refractivity contribution in [2.24, 2.45) is 0 Å². The Balaban J connectivity index is 1.64. The lowest BCUT2D eigenvalue weighted by Gasteiger charge is -2.34. The van der Waals surface area contributed by atoms with Crippen molar-refractivity contribution in [3.8, 4) is 22.6 Å². The average molecular weight is 502 g/mol. The van der Waals surface area contributed by atoms with Crippen LogP contribution < -0.4 is 4.74 Å². The number of carbonyl (C=O) groups excluding carboxylic acids is 2. The fraction of sp³-hybridized carbons (Fsp3) is 0.367. The lowest BCUT2D eigenvalue weighted by atomic mass is 9.77. The van der Waals surface area contributed by atoms with Gasteiger partial charge in [-0.2, -0.15) is 0 Å². The predicted octanol–water partition coefficient (Wildman–Crippen LogP) is 5.41. The van der Waals surface area contributed by atoms with E-state index < -0.39 is 11.6 Å². The number of benzene rings is 2. The van der Waals surface area contributed by atoms with Crippen molar-refractivity contribution in [3.05, 3.63) is 76.6 Å². The number of rotatable bonds is 5. The van der Waals surface area contributed by atoms with Gasteiger partial charge in [-0.15, -0.1) is 0 Å². The zero-order chi connectivity index (χ0) is 26.2. The van der Waals surface area contributed by atoms with Crippen LogP contribution in [0.25, 0.3) is 11.1 Å². The first-order valence-electron chi connectivity index (χ1n) is 12.6. The van der Waals surface area contributed by atoms with Gasteiger partial charge in [-0.3, -0.25) is 9.78 Å². The maximum atomic E-state index is 13.8. The van der Waals surface area contributed by atoms with Gasteiger partial charge in [0.05, 0.1) is 37.3 Å². The van der Waals surface area contributed by atoms with Crippen LogP contribution >= 0.6 is 0 Å². The minimum absolute atomic E-state index is 0.0478.